The van der Waals surface area contributed by atoms with Crippen LogP contribution >= 0.6 is 0 Å². The molecular formula is C20H22O2. The lowest BCUT2D eigenvalue weighted by molar-refractivity contribution is 0.0839. The van der Waals surface area contributed by atoms with Crippen molar-refractivity contribution in [1.82, 2.24) is 0 Å². The fourth-order valence-corrected chi connectivity index (χ4v) is 3.70. The minimum absolute atomic E-state index is 0.218. The Kier molecular flexibility index (Phi) is 3.56. The zero-order valence-electron chi connectivity index (χ0n) is 13.7. The summed E-state index contributed by atoms with van der Waals surface area (Å²) in [5.41, 5.74) is 5.02. The van der Waals surface area contributed by atoms with Crippen molar-refractivity contribution in [3.8, 4) is 5.75 Å². The fraction of sp³-hybridized carbons (Fsp3) is 0.350. The topological polar surface area (TPSA) is 26.3 Å². The van der Waals surface area contributed by atoms with E-state index in [4.69, 9.17) is 4.74 Å². The second-order valence-corrected chi connectivity index (χ2v) is 6.63. The molecule has 0 bridgehead atoms. The summed E-state index contributed by atoms with van der Waals surface area (Å²) in [6, 6.07) is 12.4. The molecule has 2 heteroatoms. The Labute approximate surface area is 132 Å². The highest BCUT2D eigenvalue weighted by Gasteiger charge is 2.44. The Morgan fingerprint density at radius 2 is 1.82 bits per heavy atom. The van der Waals surface area contributed by atoms with Crippen LogP contribution in [0.3, 0.4) is 0 Å². The van der Waals surface area contributed by atoms with Gasteiger partial charge in [-0.1, -0.05) is 43.3 Å². The van der Waals surface area contributed by atoms with Crippen molar-refractivity contribution in [3.05, 3.63) is 64.2 Å². The zero-order chi connectivity index (χ0) is 15.9. The van der Waals surface area contributed by atoms with Crippen LogP contribution in [0.5, 0.6) is 5.75 Å². The Morgan fingerprint density at radius 3 is 2.45 bits per heavy atom. The van der Waals surface area contributed by atoms with E-state index in [9.17, 15) is 4.79 Å². The number of carbonyl (C=O) groups is 1. The summed E-state index contributed by atoms with van der Waals surface area (Å²) in [6.07, 6.45) is 1.56. The molecule has 1 aliphatic rings. The van der Waals surface area contributed by atoms with Crippen LogP contribution in [-0.4, -0.2) is 12.9 Å². The van der Waals surface area contributed by atoms with Crippen LogP contribution in [0.1, 0.15) is 39.5 Å². The van der Waals surface area contributed by atoms with Crippen molar-refractivity contribution < 1.29 is 9.53 Å². The SMILES string of the molecule is COc1c(C)cc(C)c2c1C(=O)C(C)(Cc1ccccc1)C2. The number of Topliss-reactive ketones (excluding diaryl/α,β-unsaturated/α-hetero) is 1. The van der Waals surface area contributed by atoms with Crippen molar-refractivity contribution in [2.24, 2.45) is 5.41 Å². The Hall–Kier alpha value is -2.09. The van der Waals surface area contributed by atoms with Crippen LogP contribution in [-0.2, 0) is 12.8 Å². The minimum atomic E-state index is -0.379. The standard InChI is InChI=1S/C20H22O2/c1-13-10-14(2)18(22-4)17-16(13)12-20(3,19(17)21)11-15-8-6-5-7-9-15/h5-10H,11-12H2,1-4H3. The molecule has 1 aliphatic carbocycles. The third-order valence-corrected chi connectivity index (χ3v) is 4.78. The van der Waals surface area contributed by atoms with Gasteiger partial charge in [0.05, 0.1) is 12.7 Å². The van der Waals surface area contributed by atoms with Crippen LogP contribution < -0.4 is 4.74 Å². The van der Waals surface area contributed by atoms with Crippen LogP contribution in [0.4, 0.5) is 0 Å². The Bertz CT molecular complexity index is 731. The molecule has 0 N–H and O–H groups in total. The quantitative estimate of drug-likeness (QED) is 0.843. The largest absolute Gasteiger partial charge is 0.496 e. The molecule has 3 rings (SSSR count). The van der Waals surface area contributed by atoms with E-state index >= 15 is 0 Å². The average Bonchev–Trinajstić information content (AvgIpc) is 2.74. The van der Waals surface area contributed by atoms with E-state index in [0.29, 0.717) is 0 Å². The maximum absolute atomic E-state index is 13.1. The van der Waals surface area contributed by atoms with Gasteiger partial charge in [0, 0.05) is 5.41 Å². The highest BCUT2D eigenvalue weighted by atomic mass is 16.5. The minimum Gasteiger partial charge on any atom is -0.496 e. The first kappa shape index (κ1) is 14.8. The van der Waals surface area contributed by atoms with Gasteiger partial charge in [-0.05, 0) is 48.9 Å². The van der Waals surface area contributed by atoms with Crippen LogP contribution in [0.25, 0.3) is 0 Å². The van der Waals surface area contributed by atoms with Gasteiger partial charge in [0.25, 0.3) is 0 Å². The molecule has 114 valence electrons. The monoisotopic (exact) mass is 294 g/mol. The van der Waals surface area contributed by atoms with E-state index in [2.05, 4.69) is 32.0 Å². The molecule has 2 aromatic rings. The highest BCUT2D eigenvalue weighted by molar-refractivity contribution is 6.07. The number of hydrogen-bond donors (Lipinski definition) is 0. The van der Waals surface area contributed by atoms with Crippen molar-refractivity contribution >= 4 is 5.78 Å². The average molecular weight is 294 g/mol. The summed E-state index contributed by atoms with van der Waals surface area (Å²) in [5, 5.41) is 0. The zero-order valence-corrected chi connectivity index (χ0v) is 13.7. The summed E-state index contributed by atoms with van der Waals surface area (Å²) in [4.78, 5) is 13.1. The van der Waals surface area contributed by atoms with Crippen molar-refractivity contribution in [1.29, 1.82) is 0 Å². The van der Waals surface area contributed by atoms with Gasteiger partial charge in [-0.2, -0.15) is 0 Å². The van der Waals surface area contributed by atoms with E-state index in [1.54, 1.807) is 7.11 Å². The van der Waals surface area contributed by atoms with Gasteiger partial charge < -0.3 is 4.74 Å². The molecule has 0 saturated heterocycles. The summed E-state index contributed by atoms with van der Waals surface area (Å²) in [7, 11) is 1.65. The van der Waals surface area contributed by atoms with E-state index < -0.39 is 0 Å². The third-order valence-electron chi connectivity index (χ3n) is 4.78. The molecule has 0 fully saturated rings. The number of benzene rings is 2. The lowest BCUT2D eigenvalue weighted by Crippen LogP contribution is -2.27. The van der Waals surface area contributed by atoms with Gasteiger partial charge in [0.2, 0.25) is 0 Å². The van der Waals surface area contributed by atoms with Gasteiger partial charge >= 0.3 is 0 Å². The predicted molar refractivity (Wildman–Crippen MR) is 88.8 cm³/mol. The maximum atomic E-state index is 13.1. The highest BCUT2D eigenvalue weighted by Crippen LogP contribution is 2.45. The molecule has 1 atom stereocenters. The Balaban J connectivity index is 2.06. The predicted octanol–water partition coefficient (Wildman–Crippen LogP) is 4.30. The number of ketones is 1. The first-order chi connectivity index (χ1) is 10.5. The van der Waals surface area contributed by atoms with Crippen molar-refractivity contribution in [3.63, 3.8) is 0 Å². The number of hydrogen-bond acceptors (Lipinski definition) is 2. The molecule has 0 heterocycles. The number of rotatable bonds is 3. The first-order valence-electron chi connectivity index (χ1n) is 7.72. The molecule has 0 spiro atoms. The van der Waals surface area contributed by atoms with E-state index in [1.807, 2.05) is 25.1 Å². The lowest BCUT2D eigenvalue weighted by Gasteiger charge is -2.22. The van der Waals surface area contributed by atoms with Crippen LogP contribution in [0.15, 0.2) is 36.4 Å². The number of carbonyl (C=O) groups excluding carboxylic acids is 1. The summed E-state index contributed by atoms with van der Waals surface area (Å²) in [6.45, 7) is 6.18. The lowest BCUT2D eigenvalue weighted by atomic mass is 9.80. The van der Waals surface area contributed by atoms with Crippen molar-refractivity contribution in [2.45, 2.75) is 33.6 Å². The van der Waals surface area contributed by atoms with Gasteiger partial charge in [-0.25, -0.2) is 0 Å². The van der Waals surface area contributed by atoms with Gasteiger partial charge in [-0.3, -0.25) is 4.79 Å². The summed E-state index contributed by atoms with van der Waals surface area (Å²) < 4.78 is 5.54. The molecular weight excluding hydrogens is 272 g/mol. The number of fused-ring (bicyclic) bond motifs is 1. The number of aryl methyl sites for hydroxylation is 2. The van der Waals surface area contributed by atoms with Crippen molar-refractivity contribution in [2.75, 3.05) is 7.11 Å². The molecule has 0 amide bonds. The molecule has 0 aliphatic heterocycles. The van der Waals surface area contributed by atoms with E-state index in [0.717, 1.165) is 35.3 Å². The van der Waals surface area contributed by atoms with Crippen LogP contribution in [0, 0.1) is 19.3 Å². The number of methoxy groups -OCH3 is 1. The molecule has 2 nitrogen and oxygen atoms in total. The van der Waals surface area contributed by atoms with Gasteiger partial charge in [0.15, 0.2) is 5.78 Å². The van der Waals surface area contributed by atoms with E-state index in [1.165, 1.54) is 11.1 Å². The summed E-state index contributed by atoms with van der Waals surface area (Å²) >= 11 is 0. The smallest absolute Gasteiger partial charge is 0.173 e. The molecule has 22 heavy (non-hydrogen) atoms. The van der Waals surface area contributed by atoms with Gasteiger partial charge in [-0.15, -0.1) is 0 Å². The summed E-state index contributed by atoms with van der Waals surface area (Å²) in [5.74, 6) is 0.970. The normalized spacial score (nSPS) is 20.1. The fourth-order valence-electron chi connectivity index (χ4n) is 3.70. The first-order valence-corrected chi connectivity index (χ1v) is 7.72. The molecule has 0 saturated carbocycles. The van der Waals surface area contributed by atoms with Crippen LogP contribution in [0.2, 0.25) is 0 Å². The molecule has 0 aromatic heterocycles. The molecule has 0 radical (unpaired) electrons. The maximum Gasteiger partial charge on any atom is 0.173 e. The second kappa shape index (κ2) is 5.28. The third kappa shape index (κ3) is 2.23. The second-order valence-electron chi connectivity index (χ2n) is 6.63. The molecule has 1 unspecified atom stereocenters. The van der Waals surface area contributed by atoms with Gasteiger partial charge in [0.1, 0.15) is 5.75 Å². The van der Waals surface area contributed by atoms with E-state index in [-0.39, 0.29) is 11.2 Å². The number of ether oxygens (including phenoxy) is 1. The Morgan fingerprint density at radius 1 is 1.14 bits per heavy atom. The molecule has 2 aromatic carbocycles.